The molecule has 0 bridgehead atoms. The highest BCUT2D eigenvalue weighted by Gasteiger charge is 2.19. The van der Waals surface area contributed by atoms with Gasteiger partial charge in [-0.2, -0.15) is 0 Å². The first-order valence-corrected chi connectivity index (χ1v) is 11.8. The summed E-state index contributed by atoms with van der Waals surface area (Å²) in [6.07, 6.45) is 12.1. The van der Waals surface area contributed by atoms with E-state index in [2.05, 4.69) is 52.0 Å². The summed E-state index contributed by atoms with van der Waals surface area (Å²) < 4.78 is 23.2. The summed E-state index contributed by atoms with van der Waals surface area (Å²) in [4.78, 5) is 12.6. The molecule has 0 radical (unpaired) electrons. The molecular formula is C28H38O5. The molecule has 1 aromatic heterocycles. The van der Waals surface area contributed by atoms with Crippen molar-refractivity contribution in [2.75, 3.05) is 13.2 Å². The van der Waals surface area contributed by atoms with Crippen molar-refractivity contribution in [1.29, 1.82) is 0 Å². The van der Waals surface area contributed by atoms with E-state index in [0.29, 0.717) is 35.7 Å². The van der Waals surface area contributed by atoms with Crippen LogP contribution in [0.5, 0.6) is 17.2 Å². The summed E-state index contributed by atoms with van der Waals surface area (Å²) in [7, 11) is 0. The van der Waals surface area contributed by atoms with E-state index in [0.717, 1.165) is 25.7 Å². The lowest BCUT2D eigenvalue weighted by atomic mass is 10.1. The topological polar surface area (TPSA) is 57.9 Å². The first-order chi connectivity index (χ1) is 15.8. The Labute approximate surface area is 197 Å². The number of ether oxygens (including phenoxy) is 3. The van der Waals surface area contributed by atoms with E-state index in [1.807, 2.05) is 26.0 Å². The lowest BCUT2D eigenvalue weighted by Gasteiger charge is -2.15. The fourth-order valence-electron chi connectivity index (χ4n) is 3.19. The van der Waals surface area contributed by atoms with Gasteiger partial charge in [0, 0.05) is 6.07 Å². The Morgan fingerprint density at radius 3 is 2.52 bits per heavy atom. The lowest BCUT2D eigenvalue weighted by molar-refractivity contribution is 0.213. The van der Waals surface area contributed by atoms with E-state index >= 15 is 0 Å². The van der Waals surface area contributed by atoms with Gasteiger partial charge in [-0.15, -0.1) is 0 Å². The van der Waals surface area contributed by atoms with Crippen molar-refractivity contribution in [3.05, 3.63) is 64.1 Å². The molecule has 2 rings (SSSR count). The van der Waals surface area contributed by atoms with Crippen LogP contribution in [0.3, 0.4) is 0 Å². The minimum Gasteiger partial charge on any atom is -0.489 e. The zero-order valence-corrected chi connectivity index (χ0v) is 20.9. The second kappa shape index (κ2) is 13.6. The van der Waals surface area contributed by atoms with Crippen molar-refractivity contribution in [2.24, 2.45) is 0 Å². The Kier molecular flexibility index (Phi) is 10.8. The van der Waals surface area contributed by atoms with Gasteiger partial charge in [-0.3, -0.25) is 0 Å². The van der Waals surface area contributed by atoms with E-state index < -0.39 is 5.63 Å². The lowest BCUT2D eigenvalue weighted by Crippen LogP contribution is -2.15. The molecule has 1 aromatic carbocycles. The van der Waals surface area contributed by atoms with Gasteiger partial charge in [-0.05, 0) is 78.5 Å². The van der Waals surface area contributed by atoms with Crippen LogP contribution in [-0.4, -0.2) is 19.3 Å². The molecule has 0 atom stereocenters. The number of benzene rings is 1. The number of allylic oxidation sites excluding steroid dienone is 4. The summed E-state index contributed by atoms with van der Waals surface area (Å²) in [5, 5.41) is 0.686. The Hall–Kier alpha value is -2.95. The van der Waals surface area contributed by atoms with Gasteiger partial charge in [0.1, 0.15) is 17.9 Å². The molecule has 0 aliphatic rings. The zero-order chi connectivity index (χ0) is 24.2. The monoisotopic (exact) mass is 454 g/mol. The maximum atomic E-state index is 12.6. The largest absolute Gasteiger partial charge is 0.489 e. The summed E-state index contributed by atoms with van der Waals surface area (Å²) >= 11 is 0. The Balaban J connectivity index is 2.20. The predicted octanol–water partition coefficient (Wildman–Crippen LogP) is 7.39. The standard InChI is InChI=1S/C28H38O5/c1-7-8-9-10-17-31-26-24-15-14-23(30-18-16-22(6)13-11-12-20(2)3)19-25(24)33-28(29)27(26)32-21(4)5/h8-9,12,14-16,19,21H,7,10-11,13,17-18H2,1-6H3/b9-8+,22-16+. The van der Waals surface area contributed by atoms with Crippen LogP contribution in [0.2, 0.25) is 0 Å². The number of hydrogen-bond donors (Lipinski definition) is 0. The third-order valence-electron chi connectivity index (χ3n) is 4.85. The molecule has 33 heavy (non-hydrogen) atoms. The Morgan fingerprint density at radius 2 is 1.82 bits per heavy atom. The molecule has 0 unspecified atom stereocenters. The molecule has 5 nitrogen and oxygen atoms in total. The predicted molar refractivity (Wildman–Crippen MR) is 136 cm³/mol. The van der Waals surface area contributed by atoms with Gasteiger partial charge < -0.3 is 18.6 Å². The molecule has 1 heterocycles. The van der Waals surface area contributed by atoms with Crippen LogP contribution >= 0.6 is 0 Å². The molecule has 0 spiro atoms. The highest BCUT2D eigenvalue weighted by atomic mass is 16.5. The van der Waals surface area contributed by atoms with E-state index in [9.17, 15) is 4.79 Å². The third-order valence-corrected chi connectivity index (χ3v) is 4.85. The average molecular weight is 455 g/mol. The van der Waals surface area contributed by atoms with Crippen LogP contribution in [0.1, 0.15) is 67.2 Å². The van der Waals surface area contributed by atoms with Crippen LogP contribution in [0.25, 0.3) is 11.0 Å². The first kappa shape index (κ1) is 26.3. The normalized spacial score (nSPS) is 11.9. The first-order valence-electron chi connectivity index (χ1n) is 11.8. The van der Waals surface area contributed by atoms with E-state index in [-0.39, 0.29) is 11.9 Å². The van der Waals surface area contributed by atoms with Crippen molar-refractivity contribution in [3.8, 4) is 17.2 Å². The van der Waals surface area contributed by atoms with Crippen LogP contribution in [0.4, 0.5) is 0 Å². The van der Waals surface area contributed by atoms with E-state index in [4.69, 9.17) is 18.6 Å². The van der Waals surface area contributed by atoms with Crippen LogP contribution in [-0.2, 0) is 0 Å². The third kappa shape index (κ3) is 8.83. The second-order valence-electron chi connectivity index (χ2n) is 8.57. The van der Waals surface area contributed by atoms with Crippen molar-refractivity contribution in [2.45, 2.75) is 73.3 Å². The van der Waals surface area contributed by atoms with Gasteiger partial charge in [0.25, 0.3) is 0 Å². The fraction of sp³-hybridized carbons (Fsp3) is 0.464. The van der Waals surface area contributed by atoms with Gasteiger partial charge >= 0.3 is 5.63 Å². The summed E-state index contributed by atoms with van der Waals surface area (Å²) in [5.41, 5.74) is 2.47. The van der Waals surface area contributed by atoms with Crippen LogP contribution in [0, 0.1) is 0 Å². The maximum Gasteiger partial charge on any atom is 0.383 e. The second-order valence-corrected chi connectivity index (χ2v) is 8.57. The quantitative estimate of drug-likeness (QED) is 0.179. The van der Waals surface area contributed by atoms with Crippen molar-refractivity contribution < 1.29 is 18.6 Å². The molecule has 0 N–H and O–H groups in total. The Bertz CT molecular complexity index is 1040. The summed E-state index contributed by atoms with van der Waals surface area (Å²) in [6, 6.07) is 5.44. The smallest absolute Gasteiger partial charge is 0.383 e. The molecule has 0 saturated carbocycles. The molecular weight excluding hydrogens is 416 g/mol. The molecule has 0 fully saturated rings. The highest BCUT2D eigenvalue weighted by molar-refractivity contribution is 5.86. The minimum absolute atomic E-state index is 0.112. The van der Waals surface area contributed by atoms with Crippen molar-refractivity contribution in [3.63, 3.8) is 0 Å². The molecule has 2 aromatic rings. The van der Waals surface area contributed by atoms with Gasteiger partial charge in [-0.25, -0.2) is 4.79 Å². The molecule has 5 heteroatoms. The number of rotatable bonds is 13. The van der Waals surface area contributed by atoms with E-state index in [1.54, 1.807) is 6.07 Å². The SMILES string of the molecule is CC/C=C/CCOc1c(OC(C)C)c(=O)oc2cc(OC/C=C(\C)CCC=C(C)C)ccc12. The number of hydrogen-bond acceptors (Lipinski definition) is 5. The maximum absolute atomic E-state index is 12.6. The fourth-order valence-corrected chi connectivity index (χ4v) is 3.19. The van der Waals surface area contributed by atoms with Crippen molar-refractivity contribution >= 4 is 11.0 Å². The molecule has 0 aliphatic heterocycles. The van der Waals surface area contributed by atoms with Crippen molar-refractivity contribution in [1.82, 2.24) is 0 Å². The average Bonchev–Trinajstić information content (AvgIpc) is 2.74. The summed E-state index contributed by atoms with van der Waals surface area (Å²) in [5.74, 6) is 1.16. The van der Waals surface area contributed by atoms with Gasteiger partial charge in [0.05, 0.1) is 18.1 Å². The molecule has 0 amide bonds. The van der Waals surface area contributed by atoms with Gasteiger partial charge in [0.2, 0.25) is 5.75 Å². The van der Waals surface area contributed by atoms with Crippen LogP contribution < -0.4 is 19.8 Å². The number of fused-ring (bicyclic) bond motifs is 1. The zero-order valence-electron chi connectivity index (χ0n) is 20.9. The molecule has 0 aliphatic carbocycles. The Morgan fingerprint density at radius 1 is 1.03 bits per heavy atom. The van der Waals surface area contributed by atoms with Crippen LogP contribution in [0.15, 0.2) is 62.9 Å². The molecule has 180 valence electrons. The van der Waals surface area contributed by atoms with Gasteiger partial charge in [0.15, 0.2) is 5.75 Å². The molecule has 0 saturated heterocycles. The highest BCUT2D eigenvalue weighted by Crippen LogP contribution is 2.35. The summed E-state index contributed by atoms with van der Waals surface area (Å²) in [6.45, 7) is 13.0. The minimum atomic E-state index is -0.553. The van der Waals surface area contributed by atoms with Gasteiger partial charge in [-0.1, -0.05) is 36.3 Å². The van der Waals surface area contributed by atoms with E-state index in [1.165, 1.54) is 11.1 Å².